The summed E-state index contributed by atoms with van der Waals surface area (Å²) in [5, 5.41) is 13.6. The number of rotatable bonds is 12. The van der Waals surface area contributed by atoms with Crippen molar-refractivity contribution < 1.29 is 42.9 Å². The van der Waals surface area contributed by atoms with Gasteiger partial charge in [-0.1, -0.05) is 35.5 Å². The summed E-state index contributed by atoms with van der Waals surface area (Å²) < 4.78 is 23.4. The molecule has 222 valence electrons. The molecular formula is C26H33N5O9S. The predicted octanol–water partition coefficient (Wildman–Crippen LogP) is 0.656. The Balaban J connectivity index is 1.75. The van der Waals surface area contributed by atoms with Crippen molar-refractivity contribution in [3.63, 3.8) is 0 Å². The lowest BCUT2D eigenvalue weighted by Gasteiger charge is -2.45. The van der Waals surface area contributed by atoms with E-state index in [1.54, 1.807) is 0 Å². The van der Waals surface area contributed by atoms with Crippen LogP contribution >= 0.6 is 11.8 Å². The maximum Gasteiger partial charge on any atom is 0.303 e. The van der Waals surface area contributed by atoms with Gasteiger partial charge >= 0.3 is 17.9 Å². The van der Waals surface area contributed by atoms with Crippen molar-refractivity contribution in [1.82, 2.24) is 25.6 Å². The first-order chi connectivity index (χ1) is 19.5. The van der Waals surface area contributed by atoms with Crippen LogP contribution in [0, 0.1) is 0 Å². The number of nitrogens with one attached hydrogen (secondary N) is 2. The quantitative estimate of drug-likeness (QED) is 0.261. The van der Waals surface area contributed by atoms with Crippen molar-refractivity contribution in [2.75, 3.05) is 12.4 Å². The molecule has 1 aliphatic heterocycles. The van der Waals surface area contributed by atoms with Gasteiger partial charge in [0.2, 0.25) is 11.8 Å². The van der Waals surface area contributed by atoms with Crippen LogP contribution in [0.25, 0.3) is 0 Å². The van der Waals surface area contributed by atoms with Crippen molar-refractivity contribution in [1.29, 1.82) is 0 Å². The second-order valence-corrected chi connectivity index (χ2v) is 10.2. The molecule has 2 aromatic rings. The van der Waals surface area contributed by atoms with Gasteiger partial charge in [0.05, 0.1) is 18.5 Å². The molecule has 2 N–H and O–H groups in total. The number of amides is 2. The number of benzene rings is 1. The van der Waals surface area contributed by atoms with E-state index in [2.05, 4.69) is 20.9 Å². The number of aromatic nitrogens is 3. The van der Waals surface area contributed by atoms with E-state index >= 15 is 0 Å². The molecule has 2 unspecified atom stereocenters. The van der Waals surface area contributed by atoms with Crippen LogP contribution in [-0.4, -0.2) is 81.4 Å². The van der Waals surface area contributed by atoms with E-state index in [0.717, 1.165) is 19.4 Å². The third kappa shape index (κ3) is 9.86. The van der Waals surface area contributed by atoms with E-state index in [1.807, 2.05) is 30.3 Å². The minimum atomic E-state index is -1.23. The van der Waals surface area contributed by atoms with Gasteiger partial charge < -0.3 is 29.6 Å². The van der Waals surface area contributed by atoms with Gasteiger partial charge in [0.1, 0.15) is 24.4 Å². The minimum Gasteiger partial charge on any atom is -0.463 e. The summed E-state index contributed by atoms with van der Waals surface area (Å²) in [4.78, 5) is 59.9. The van der Waals surface area contributed by atoms with Crippen LogP contribution < -0.4 is 10.6 Å². The largest absolute Gasteiger partial charge is 0.463 e. The van der Waals surface area contributed by atoms with Gasteiger partial charge in [-0.05, 0) is 5.56 Å². The number of hydrogen-bond acceptors (Lipinski definition) is 12. The molecule has 0 aliphatic carbocycles. The number of ether oxygens (including phenoxy) is 4. The van der Waals surface area contributed by atoms with Gasteiger partial charge in [-0.25, -0.2) is 4.68 Å². The Morgan fingerprint density at radius 1 is 0.976 bits per heavy atom. The van der Waals surface area contributed by atoms with E-state index in [-0.39, 0.29) is 24.8 Å². The second-order valence-electron chi connectivity index (χ2n) is 9.19. The van der Waals surface area contributed by atoms with Gasteiger partial charge in [-0.15, -0.1) is 16.9 Å². The molecule has 1 aromatic carbocycles. The molecule has 2 amide bonds. The van der Waals surface area contributed by atoms with Gasteiger partial charge in [-0.3, -0.25) is 24.0 Å². The Bertz CT molecular complexity index is 1220. The molecule has 1 aliphatic rings. The van der Waals surface area contributed by atoms with Crippen molar-refractivity contribution >= 4 is 41.5 Å². The van der Waals surface area contributed by atoms with Crippen LogP contribution in [-0.2, 0) is 55.2 Å². The summed E-state index contributed by atoms with van der Waals surface area (Å²) >= 11 is 1.47. The predicted molar refractivity (Wildman–Crippen MR) is 144 cm³/mol. The maximum atomic E-state index is 12.3. The lowest BCUT2D eigenvalue weighted by Crippen LogP contribution is -2.64. The molecule has 0 radical (unpaired) electrons. The lowest BCUT2D eigenvalue weighted by atomic mass is 9.95. The zero-order valence-electron chi connectivity index (χ0n) is 23.1. The van der Waals surface area contributed by atoms with Gasteiger partial charge in [0, 0.05) is 33.4 Å². The van der Waals surface area contributed by atoms with E-state index in [0.29, 0.717) is 11.4 Å². The molecule has 0 bridgehead atoms. The van der Waals surface area contributed by atoms with Gasteiger partial charge in [0.15, 0.2) is 18.4 Å². The third-order valence-electron chi connectivity index (χ3n) is 5.72. The highest BCUT2D eigenvalue weighted by Gasteiger charge is 2.51. The Kier molecular flexibility index (Phi) is 11.6. The fourth-order valence-electron chi connectivity index (χ4n) is 4.13. The molecule has 1 fully saturated rings. The second kappa shape index (κ2) is 15.1. The highest BCUT2D eigenvalue weighted by atomic mass is 32.2. The highest BCUT2D eigenvalue weighted by Crippen LogP contribution is 2.32. The topological polar surface area (TPSA) is 177 Å². The van der Waals surface area contributed by atoms with E-state index in [9.17, 15) is 24.0 Å². The number of carbonyl (C=O) groups excluding carboxylic acids is 5. The van der Waals surface area contributed by atoms with Gasteiger partial charge in [0.25, 0.3) is 0 Å². The number of hydrogen-bond donors (Lipinski definition) is 2. The Morgan fingerprint density at radius 3 is 2.29 bits per heavy atom. The number of carbonyl (C=O) groups is 5. The van der Waals surface area contributed by atoms with Crippen LogP contribution in [0.15, 0.2) is 36.5 Å². The first-order valence-electron chi connectivity index (χ1n) is 12.7. The van der Waals surface area contributed by atoms with Crippen LogP contribution in [0.4, 0.5) is 0 Å². The van der Waals surface area contributed by atoms with E-state index in [1.165, 1.54) is 36.5 Å². The molecule has 2 heterocycles. The van der Waals surface area contributed by atoms with Crippen LogP contribution in [0.1, 0.15) is 45.2 Å². The lowest BCUT2D eigenvalue weighted by molar-refractivity contribution is -0.239. The van der Waals surface area contributed by atoms with E-state index in [4.69, 9.17) is 18.9 Å². The first kappa shape index (κ1) is 31.5. The monoisotopic (exact) mass is 591 g/mol. The average Bonchev–Trinajstić information content (AvgIpc) is 3.37. The standard InChI is InChI=1S/C26H33N5O9S/c1-15(32)28-23-25(39-18(4)35)24(38-17(3)34)21(12-37-16(2)33)40-26(23)31-11-20(29-30-31)10-27-22(36)14-41-13-19-8-6-5-7-9-19/h5-9,11,21,23-26H,10,12-14H2,1-4H3,(H,27,36)(H,28,32)/t21?,23-,24+,25?,26+/m0/s1. The molecule has 0 spiro atoms. The van der Waals surface area contributed by atoms with Crippen LogP contribution in [0.3, 0.4) is 0 Å². The summed E-state index contributed by atoms with van der Waals surface area (Å²) in [7, 11) is 0. The van der Waals surface area contributed by atoms with Crippen LogP contribution in [0.2, 0.25) is 0 Å². The maximum absolute atomic E-state index is 12.3. The van der Waals surface area contributed by atoms with Gasteiger partial charge in [-0.2, -0.15) is 0 Å². The summed E-state index contributed by atoms with van der Waals surface area (Å²) in [6.45, 7) is 4.50. The molecule has 0 saturated carbocycles. The fraction of sp³-hybridized carbons (Fsp3) is 0.500. The molecular weight excluding hydrogens is 558 g/mol. The molecule has 41 heavy (non-hydrogen) atoms. The van der Waals surface area contributed by atoms with Crippen molar-refractivity contribution in [2.45, 2.75) is 70.6 Å². The summed E-state index contributed by atoms with van der Waals surface area (Å²) in [5.74, 6) is -1.75. The fourth-order valence-corrected chi connectivity index (χ4v) is 4.95. The zero-order valence-corrected chi connectivity index (χ0v) is 23.9. The normalized spacial score (nSPS) is 21.8. The number of nitrogens with zero attached hydrogens (tertiary/aromatic N) is 3. The molecule has 1 saturated heterocycles. The Morgan fingerprint density at radius 2 is 1.66 bits per heavy atom. The Hall–Kier alpha value is -3.98. The average molecular weight is 592 g/mol. The molecule has 14 nitrogen and oxygen atoms in total. The molecule has 5 atom stereocenters. The van der Waals surface area contributed by atoms with Crippen molar-refractivity contribution in [3.8, 4) is 0 Å². The zero-order chi connectivity index (χ0) is 29.9. The first-order valence-corrected chi connectivity index (χ1v) is 13.9. The molecule has 3 rings (SSSR count). The SMILES string of the molecule is CC(=O)N[C@H]1C(OC(C)=O)[C@H](OC(C)=O)C(COC(C)=O)O[C@H]1n1cc(CNC(=O)CSCc2ccccc2)nn1. The van der Waals surface area contributed by atoms with Crippen molar-refractivity contribution in [2.24, 2.45) is 0 Å². The summed E-state index contributed by atoms with van der Waals surface area (Å²) in [5.41, 5.74) is 1.50. The minimum absolute atomic E-state index is 0.0720. The van der Waals surface area contributed by atoms with Crippen LogP contribution in [0.5, 0.6) is 0 Å². The van der Waals surface area contributed by atoms with Crippen molar-refractivity contribution in [3.05, 3.63) is 47.8 Å². The summed E-state index contributed by atoms with van der Waals surface area (Å²) in [6.07, 6.45) is -3.16. The molecule has 15 heteroatoms. The molecule has 1 aromatic heterocycles. The summed E-state index contributed by atoms with van der Waals surface area (Å²) in [6, 6.07) is 8.71. The highest BCUT2D eigenvalue weighted by molar-refractivity contribution is 7.99. The number of thioether (sulfide) groups is 1. The smallest absolute Gasteiger partial charge is 0.303 e. The van der Waals surface area contributed by atoms with E-state index < -0.39 is 54.4 Å². The Labute approximate surface area is 240 Å². The number of esters is 3. The third-order valence-corrected chi connectivity index (χ3v) is 6.72.